The van der Waals surface area contributed by atoms with Gasteiger partial charge >= 0.3 is 33.3 Å². The van der Waals surface area contributed by atoms with Gasteiger partial charge in [-0.1, -0.05) is 11.6 Å². The van der Waals surface area contributed by atoms with Crippen molar-refractivity contribution in [1.29, 1.82) is 0 Å². The maximum atomic E-state index is 15.1. The van der Waals surface area contributed by atoms with E-state index in [1.165, 1.54) is 6.07 Å². The summed E-state index contributed by atoms with van der Waals surface area (Å²) in [5.74, 6) is -6.67. The Kier molecular flexibility index (Phi) is 8.69. The van der Waals surface area contributed by atoms with E-state index >= 15 is 4.39 Å². The van der Waals surface area contributed by atoms with Crippen molar-refractivity contribution in [1.82, 2.24) is 9.55 Å². The molecule has 2 unspecified atom stereocenters. The molecule has 0 bridgehead atoms. The molecule has 15 nitrogen and oxygen atoms in total. The summed E-state index contributed by atoms with van der Waals surface area (Å²) in [5, 5.41) is 20.5. The van der Waals surface area contributed by atoms with E-state index in [0.29, 0.717) is 15.5 Å². The molecule has 0 saturated carbocycles. The van der Waals surface area contributed by atoms with Gasteiger partial charge in [-0.25, -0.2) is 23.4 Å². The van der Waals surface area contributed by atoms with Crippen LogP contribution in [0.1, 0.15) is 10.4 Å². The van der Waals surface area contributed by atoms with Crippen molar-refractivity contribution < 1.29 is 57.1 Å². The normalized spacial score (nSPS) is 14.9. The number of carboxylic acids is 1. The van der Waals surface area contributed by atoms with Crippen molar-refractivity contribution in [3.05, 3.63) is 54.3 Å². The fraction of sp³-hybridized carbons (Fsp3) is 0.200. The van der Waals surface area contributed by atoms with E-state index in [9.17, 15) is 38.1 Å². The Morgan fingerprint density at radius 3 is 2.44 bits per heavy atom. The van der Waals surface area contributed by atoms with E-state index < -0.39 is 73.6 Å². The average molecular weight is 750 g/mol. The minimum atomic E-state index is -5.45. The first kappa shape index (κ1) is 31.1. The molecule has 21 heteroatoms. The molecule has 1 aliphatic heterocycles. The number of amides is 1. The summed E-state index contributed by atoms with van der Waals surface area (Å²) in [6.45, 7) is 0.319. The Balaban J connectivity index is 1.91. The largest absolute Gasteiger partial charge is 0.564 e. The van der Waals surface area contributed by atoms with Crippen LogP contribution in [0.15, 0.2) is 23.1 Å². The number of ether oxygens (including phenoxy) is 1. The molecule has 1 aromatic carbocycles. The number of pyridine rings is 2. The number of nitrogens with zero attached hydrogens (tertiary/aromatic N) is 3. The summed E-state index contributed by atoms with van der Waals surface area (Å²) in [6.07, 6.45) is -1.86. The Bertz CT molecular complexity index is 1750. The third-order valence-electron chi connectivity index (χ3n) is 5.61. The first-order valence-electron chi connectivity index (χ1n) is 10.8. The van der Waals surface area contributed by atoms with Gasteiger partial charge in [-0.05, 0) is 33.2 Å². The zero-order chi connectivity index (χ0) is 30.5. The second-order valence-electron chi connectivity index (χ2n) is 8.40. The van der Waals surface area contributed by atoms with Crippen molar-refractivity contribution in [2.45, 2.75) is 11.7 Å². The summed E-state index contributed by atoms with van der Waals surface area (Å²) in [5.41, 5.74) is -4.62. The highest BCUT2D eigenvalue weighted by molar-refractivity contribution is 14.1. The number of hydrogen-bond acceptors (Lipinski definition) is 9. The Morgan fingerprint density at radius 2 is 1.90 bits per heavy atom. The molecule has 6 N–H and O–H groups in total. The van der Waals surface area contributed by atoms with Crippen LogP contribution in [0.4, 0.5) is 25.1 Å². The molecule has 2 aromatic heterocycles. The first-order chi connectivity index (χ1) is 19.0. The van der Waals surface area contributed by atoms with Gasteiger partial charge in [0, 0.05) is 34.3 Å². The van der Waals surface area contributed by atoms with E-state index in [-0.39, 0.29) is 35.1 Å². The number of anilines is 2. The highest BCUT2D eigenvalue weighted by atomic mass is 127. The van der Waals surface area contributed by atoms with E-state index in [0.717, 1.165) is 4.57 Å². The fourth-order valence-corrected chi connectivity index (χ4v) is 6.77. The minimum absolute atomic E-state index is 0.160. The summed E-state index contributed by atoms with van der Waals surface area (Å²) in [6, 6.07) is 1.49. The Hall–Kier alpha value is -2.83. The van der Waals surface area contributed by atoms with Gasteiger partial charge in [-0.15, -0.1) is 0 Å². The smallest absolute Gasteiger partial charge is 0.477 e. The number of β-amino-alcohol motifs (C(OH)–C–C–N with tert-alkyl or cyclic N) is 1. The van der Waals surface area contributed by atoms with Crippen LogP contribution < -0.4 is 15.6 Å². The highest BCUT2D eigenvalue weighted by Crippen LogP contribution is 2.52. The molecule has 3 aromatic rings. The van der Waals surface area contributed by atoms with Gasteiger partial charge in [0.25, 0.3) is 0 Å². The van der Waals surface area contributed by atoms with Crippen molar-refractivity contribution in [3.63, 3.8) is 0 Å². The molecule has 0 spiro atoms. The molecule has 41 heavy (non-hydrogen) atoms. The van der Waals surface area contributed by atoms with E-state index in [1.54, 1.807) is 10.2 Å². The molecule has 4 rings (SSSR count). The van der Waals surface area contributed by atoms with Crippen molar-refractivity contribution in [3.8, 4) is 5.82 Å². The summed E-state index contributed by atoms with van der Waals surface area (Å²) in [4.78, 5) is 69.5. The Morgan fingerprint density at radius 1 is 1.27 bits per heavy atom. The van der Waals surface area contributed by atoms with Crippen LogP contribution >= 0.6 is 49.8 Å². The number of hydrogen-bond donors (Lipinski definition) is 6. The Labute approximate surface area is 245 Å². The van der Waals surface area contributed by atoms with Gasteiger partial charge in [0.05, 0.1) is 22.3 Å². The standard InChI is InChI=1S/C20H14ClF2IN4O11P2/c21-12-13-7(1-11(24)14(12)27-3-6(29)4-27)15(30)8(18(31)32)5-28(13)17-10(23)2-9(22)16(25-17)26-19(33)39-20(40(34)35)41(36,37)38/h1-2,5-6,20,29H,3-4H2,(H4-,25,26,31,32,33,34,35,36,37,38)/p+1. The maximum absolute atomic E-state index is 15.1. The molecule has 1 fully saturated rings. The summed E-state index contributed by atoms with van der Waals surface area (Å²) < 4.78 is 57.6. The van der Waals surface area contributed by atoms with E-state index in [2.05, 4.69) is 9.72 Å². The number of aromatic nitrogens is 2. The summed E-state index contributed by atoms with van der Waals surface area (Å²) >= 11 is 8.46. The molecular formula is C20H15ClF2IN4O11P2+. The van der Waals surface area contributed by atoms with Crippen LogP contribution in [0.2, 0.25) is 5.02 Å². The van der Waals surface area contributed by atoms with Crippen LogP contribution in [0, 0.1) is 15.2 Å². The van der Waals surface area contributed by atoms with Gasteiger partial charge in [-0.3, -0.25) is 19.2 Å². The number of halogens is 4. The zero-order valence-corrected chi connectivity index (χ0v) is 24.4. The van der Waals surface area contributed by atoms with Crippen LogP contribution in [-0.2, 0) is 13.9 Å². The predicted octanol–water partition coefficient (Wildman–Crippen LogP) is 2.55. The van der Waals surface area contributed by atoms with Crippen LogP contribution in [0.5, 0.6) is 0 Å². The lowest BCUT2D eigenvalue weighted by Gasteiger charge is -2.39. The lowest BCUT2D eigenvalue weighted by molar-refractivity contribution is 0.0695. The maximum Gasteiger partial charge on any atom is 0.564 e. The first-order valence-corrected chi connectivity index (χ1v) is 15.2. The van der Waals surface area contributed by atoms with Gasteiger partial charge < -0.3 is 29.6 Å². The zero-order valence-electron chi connectivity index (χ0n) is 19.7. The highest BCUT2D eigenvalue weighted by Gasteiger charge is 2.49. The third-order valence-corrected chi connectivity index (χ3v) is 9.45. The SMILES string of the molecule is O=C(Nc1nc(-n2cc(C(=O)O)c(=O)c3cc(I)c(N4CC(O)C4)c(Cl)c32)c(F)cc1F)OC([P+](=O)O)P(=O)(O)O. The fourth-order valence-electron chi connectivity index (χ4n) is 3.83. The van der Waals surface area contributed by atoms with Gasteiger partial charge in [0.1, 0.15) is 5.56 Å². The number of carbonyl (C=O) groups is 2. The van der Waals surface area contributed by atoms with E-state index in [1.807, 2.05) is 22.6 Å². The number of fused-ring (bicyclic) bond motifs is 1. The van der Waals surface area contributed by atoms with Gasteiger partial charge in [0.15, 0.2) is 23.3 Å². The molecule has 1 saturated heterocycles. The second-order valence-corrected chi connectivity index (χ2v) is 13.1. The third kappa shape index (κ3) is 6.05. The number of nitrogens with one attached hydrogen (secondary N) is 1. The lowest BCUT2D eigenvalue weighted by Crippen LogP contribution is -2.51. The van der Waals surface area contributed by atoms with Crippen molar-refractivity contribution in [2.24, 2.45) is 0 Å². The molecule has 1 amide bonds. The van der Waals surface area contributed by atoms with Crippen LogP contribution in [0.25, 0.3) is 16.7 Å². The van der Waals surface area contributed by atoms with Crippen LogP contribution in [-0.4, -0.2) is 71.3 Å². The molecule has 0 aliphatic carbocycles. The van der Waals surface area contributed by atoms with Crippen molar-refractivity contribution in [2.75, 3.05) is 23.3 Å². The number of aliphatic hydroxyl groups is 1. The molecule has 0 radical (unpaired) electrons. The second kappa shape index (κ2) is 11.4. The predicted molar refractivity (Wildman–Crippen MR) is 146 cm³/mol. The monoisotopic (exact) mass is 749 g/mol. The van der Waals surface area contributed by atoms with E-state index in [4.69, 9.17) is 26.3 Å². The lowest BCUT2D eigenvalue weighted by atomic mass is 10.1. The molecule has 3 heterocycles. The topological polar surface area (TPSA) is 229 Å². The molecule has 218 valence electrons. The number of carboxylic acid groups (broad SMARTS) is 1. The number of carbonyl (C=O) groups excluding carboxylic acids is 1. The number of aromatic carboxylic acids is 1. The minimum Gasteiger partial charge on any atom is -0.477 e. The molecular weight excluding hydrogens is 735 g/mol. The summed E-state index contributed by atoms with van der Waals surface area (Å²) in [7, 11) is -9.21. The number of rotatable bonds is 7. The van der Waals surface area contributed by atoms with Gasteiger partial charge in [0.2, 0.25) is 5.43 Å². The molecule has 2 atom stereocenters. The average Bonchev–Trinajstić information content (AvgIpc) is 2.82. The van der Waals surface area contributed by atoms with Crippen LogP contribution in [0.3, 0.4) is 0 Å². The number of aliphatic hydroxyl groups excluding tert-OH is 1. The molecule has 1 aliphatic rings. The van der Waals surface area contributed by atoms with Crippen molar-refractivity contribution >= 4 is 84.3 Å². The quantitative estimate of drug-likeness (QED) is 0.151. The number of benzene rings is 1. The van der Waals surface area contributed by atoms with Gasteiger partial charge in [-0.2, -0.15) is 4.89 Å².